The molecule has 118 valence electrons. The van der Waals surface area contributed by atoms with Gasteiger partial charge in [0.15, 0.2) is 0 Å². The monoisotopic (exact) mass is 300 g/mol. The summed E-state index contributed by atoms with van der Waals surface area (Å²) in [6.45, 7) is 4.40. The van der Waals surface area contributed by atoms with Crippen LogP contribution in [-0.4, -0.2) is 54.2 Å². The normalized spacial score (nSPS) is 20.4. The summed E-state index contributed by atoms with van der Waals surface area (Å²) in [5.74, 6) is 0.911. The molecule has 1 aliphatic heterocycles. The molecule has 0 spiro atoms. The highest BCUT2D eigenvalue weighted by Crippen LogP contribution is 2.21. The largest absolute Gasteiger partial charge is 0.464 e. The summed E-state index contributed by atoms with van der Waals surface area (Å²) in [6.07, 6.45) is 2.55. The number of furan rings is 1. The topological polar surface area (TPSA) is 39.9 Å². The molecule has 22 heavy (non-hydrogen) atoms. The van der Waals surface area contributed by atoms with Crippen molar-refractivity contribution < 1.29 is 9.52 Å². The molecule has 2 heterocycles. The summed E-state index contributed by atoms with van der Waals surface area (Å²) in [6, 6.07) is 12.9. The third-order valence-electron chi connectivity index (χ3n) is 4.49. The molecule has 0 aliphatic carbocycles. The maximum absolute atomic E-state index is 9.18. The summed E-state index contributed by atoms with van der Waals surface area (Å²) in [7, 11) is 2.15. The van der Waals surface area contributed by atoms with Crippen LogP contribution in [0, 0.1) is 0 Å². The zero-order valence-corrected chi connectivity index (χ0v) is 13.1. The third kappa shape index (κ3) is 3.58. The molecular formula is C18H24N2O2. The number of aliphatic hydroxyl groups excluding tert-OH is 1. The number of likely N-dealkylation sites (N-methyl/N-ethyl adjacent to an activating group) is 1. The van der Waals surface area contributed by atoms with Crippen LogP contribution in [0.15, 0.2) is 47.1 Å². The second-order valence-corrected chi connectivity index (χ2v) is 6.06. The highest BCUT2D eigenvalue weighted by Gasteiger charge is 2.23. The van der Waals surface area contributed by atoms with Gasteiger partial charge in [0.25, 0.3) is 0 Å². The van der Waals surface area contributed by atoms with Gasteiger partial charge in [0.05, 0.1) is 6.26 Å². The summed E-state index contributed by atoms with van der Waals surface area (Å²) in [5, 5.41) is 9.18. The van der Waals surface area contributed by atoms with Gasteiger partial charge >= 0.3 is 0 Å². The van der Waals surface area contributed by atoms with Crippen molar-refractivity contribution in [1.82, 2.24) is 9.80 Å². The van der Waals surface area contributed by atoms with Crippen LogP contribution in [0.1, 0.15) is 12.0 Å². The number of nitrogens with zero attached hydrogens (tertiary/aromatic N) is 2. The molecule has 4 nitrogen and oxygen atoms in total. The lowest BCUT2D eigenvalue weighted by atomic mass is 10.1. The molecule has 0 radical (unpaired) electrons. The lowest BCUT2D eigenvalue weighted by molar-refractivity contribution is 0.0743. The fourth-order valence-corrected chi connectivity index (χ4v) is 3.09. The van der Waals surface area contributed by atoms with Crippen molar-refractivity contribution in [1.29, 1.82) is 0 Å². The predicted molar refractivity (Wildman–Crippen MR) is 87.5 cm³/mol. The van der Waals surface area contributed by atoms with Gasteiger partial charge in [-0.1, -0.05) is 24.3 Å². The highest BCUT2D eigenvalue weighted by molar-refractivity contribution is 5.57. The second-order valence-electron chi connectivity index (χ2n) is 6.06. The Bertz CT molecular complexity index is 565. The Kier molecular flexibility index (Phi) is 4.93. The molecule has 0 unspecified atom stereocenters. The lowest BCUT2D eigenvalue weighted by Gasteiger charge is -2.39. The van der Waals surface area contributed by atoms with Crippen LogP contribution in [0.2, 0.25) is 0 Å². The van der Waals surface area contributed by atoms with E-state index in [1.807, 2.05) is 12.1 Å². The Labute approximate surface area is 132 Å². The van der Waals surface area contributed by atoms with E-state index in [0.29, 0.717) is 6.04 Å². The van der Waals surface area contributed by atoms with Crippen molar-refractivity contribution >= 4 is 0 Å². The Balaban J connectivity index is 1.61. The minimum atomic E-state index is 0.265. The maximum atomic E-state index is 9.18. The Morgan fingerprint density at radius 3 is 2.68 bits per heavy atom. The van der Waals surface area contributed by atoms with Crippen LogP contribution in [0.5, 0.6) is 0 Å². The van der Waals surface area contributed by atoms with E-state index in [9.17, 15) is 5.11 Å². The molecule has 0 saturated carbocycles. The zero-order valence-electron chi connectivity index (χ0n) is 13.1. The zero-order chi connectivity index (χ0) is 15.4. The van der Waals surface area contributed by atoms with Crippen LogP contribution >= 0.6 is 0 Å². The van der Waals surface area contributed by atoms with Gasteiger partial charge < -0.3 is 14.4 Å². The summed E-state index contributed by atoms with van der Waals surface area (Å²) >= 11 is 0. The molecule has 0 amide bonds. The van der Waals surface area contributed by atoms with Gasteiger partial charge in [0, 0.05) is 44.4 Å². The van der Waals surface area contributed by atoms with Gasteiger partial charge in [-0.3, -0.25) is 4.90 Å². The van der Waals surface area contributed by atoms with Crippen molar-refractivity contribution in [2.75, 3.05) is 33.3 Å². The lowest BCUT2D eigenvalue weighted by Crippen LogP contribution is -2.51. The van der Waals surface area contributed by atoms with Crippen LogP contribution in [0.3, 0.4) is 0 Å². The first-order valence-electron chi connectivity index (χ1n) is 7.92. The van der Waals surface area contributed by atoms with Gasteiger partial charge in [-0.2, -0.15) is 0 Å². The molecule has 3 rings (SSSR count). The van der Waals surface area contributed by atoms with Crippen molar-refractivity contribution in [3.05, 3.63) is 48.2 Å². The van der Waals surface area contributed by atoms with Crippen molar-refractivity contribution in [3.8, 4) is 11.3 Å². The van der Waals surface area contributed by atoms with Gasteiger partial charge in [0.2, 0.25) is 0 Å². The van der Waals surface area contributed by atoms with Crippen LogP contribution < -0.4 is 0 Å². The minimum absolute atomic E-state index is 0.265. The average Bonchev–Trinajstić information content (AvgIpc) is 3.06. The first-order valence-corrected chi connectivity index (χ1v) is 7.92. The fraction of sp³-hybridized carbons (Fsp3) is 0.444. The van der Waals surface area contributed by atoms with Gasteiger partial charge in [-0.15, -0.1) is 0 Å². The van der Waals surface area contributed by atoms with Crippen molar-refractivity contribution in [2.45, 2.75) is 19.0 Å². The quantitative estimate of drug-likeness (QED) is 0.921. The summed E-state index contributed by atoms with van der Waals surface area (Å²) in [4.78, 5) is 4.83. The Morgan fingerprint density at radius 1 is 1.18 bits per heavy atom. The molecular weight excluding hydrogens is 276 g/mol. The van der Waals surface area contributed by atoms with Gasteiger partial charge in [0.1, 0.15) is 5.76 Å². The molecule has 1 atom stereocenters. The molecule has 1 aromatic carbocycles. The number of hydrogen-bond acceptors (Lipinski definition) is 4. The van der Waals surface area contributed by atoms with E-state index in [0.717, 1.165) is 43.9 Å². The predicted octanol–water partition coefficient (Wildman–Crippen LogP) is 2.45. The number of hydrogen-bond donors (Lipinski definition) is 1. The van der Waals surface area contributed by atoms with E-state index in [1.165, 1.54) is 5.56 Å². The van der Waals surface area contributed by atoms with Crippen LogP contribution in [0.25, 0.3) is 11.3 Å². The first-order chi connectivity index (χ1) is 10.8. The molecule has 1 fully saturated rings. The van der Waals surface area contributed by atoms with Crippen LogP contribution in [0.4, 0.5) is 0 Å². The standard InChI is InChI=1S/C18H24N2O2/c1-19-9-10-20(14-17(19)8-11-21)13-15-4-6-16(7-5-15)18-3-2-12-22-18/h2-7,12,17,21H,8-11,13-14H2,1H3/t17-/m1/s1. The first kappa shape index (κ1) is 15.3. The van der Waals surface area contributed by atoms with Gasteiger partial charge in [-0.05, 0) is 31.2 Å². The average molecular weight is 300 g/mol. The van der Waals surface area contributed by atoms with E-state index in [4.69, 9.17) is 4.42 Å². The number of rotatable bonds is 5. The molecule has 1 aromatic heterocycles. The summed E-state index contributed by atoms with van der Waals surface area (Å²) < 4.78 is 5.42. The van der Waals surface area contributed by atoms with E-state index in [1.54, 1.807) is 6.26 Å². The Morgan fingerprint density at radius 2 is 2.00 bits per heavy atom. The molecule has 2 aromatic rings. The van der Waals surface area contributed by atoms with E-state index in [-0.39, 0.29) is 6.61 Å². The minimum Gasteiger partial charge on any atom is -0.464 e. The van der Waals surface area contributed by atoms with Crippen molar-refractivity contribution in [3.63, 3.8) is 0 Å². The molecule has 1 aliphatic rings. The number of piperazine rings is 1. The number of benzene rings is 1. The smallest absolute Gasteiger partial charge is 0.133 e. The van der Waals surface area contributed by atoms with Gasteiger partial charge in [-0.25, -0.2) is 0 Å². The van der Waals surface area contributed by atoms with E-state index in [2.05, 4.69) is 41.1 Å². The van der Waals surface area contributed by atoms with E-state index < -0.39 is 0 Å². The Hall–Kier alpha value is -1.62. The summed E-state index contributed by atoms with van der Waals surface area (Å²) in [5.41, 5.74) is 2.44. The maximum Gasteiger partial charge on any atom is 0.133 e. The molecule has 1 saturated heterocycles. The molecule has 4 heteroatoms. The SMILES string of the molecule is CN1CCN(Cc2ccc(-c3ccco3)cc2)C[C@H]1CCO. The van der Waals surface area contributed by atoms with Crippen molar-refractivity contribution in [2.24, 2.45) is 0 Å². The van der Waals surface area contributed by atoms with E-state index >= 15 is 0 Å². The second kappa shape index (κ2) is 7.09. The third-order valence-corrected chi connectivity index (χ3v) is 4.49. The van der Waals surface area contributed by atoms with Crippen LogP contribution in [-0.2, 0) is 6.54 Å². The molecule has 1 N–H and O–H groups in total. The fourth-order valence-electron chi connectivity index (χ4n) is 3.09. The number of aliphatic hydroxyl groups is 1. The molecule has 0 bridgehead atoms. The highest BCUT2D eigenvalue weighted by atomic mass is 16.3.